The summed E-state index contributed by atoms with van der Waals surface area (Å²) in [6.45, 7) is 4.80. The Balaban J connectivity index is 1.41. The van der Waals surface area contributed by atoms with Crippen molar-refractivity contribution < 1.29 is 9.53 Å². The molecule has 0 radical (unpaired) electrons. The number of nitrogens with two attached hydrogens (primary N) is 1. The molecule has 3 N–H and O–H groups in total. The molecule has 32 heavy (non-hydrogen) atoms. The van der Waals surface area contributed by atoms with E-state index in [9.17, 15) is 4.79 Å². The fraction of sp³-hybridized carbons (Fsp3) is 0.400. The fourth-order valence-electron chi connectivity index (χ4n) is 4.36. The molecule has 1 fully saturated rings. The summed E-state index contributed by atoms with van der Waals surface area (Å²) in [5, 5.41) is 7.31. The van der Waals surface area contributed by atoms with Crippen LogP contribution >= 0.6 is 0 Å². The molecule has 2 heterocycles. The molecule has 0 saturated heterocycles. The lowest BCUT2D eigenvalue weighted by Crippen LogP contribution is -2.41. The third-order valence-corrected chi connectivity index (χ3v) is 6.15. The maximum atomic E-state index is 13.0. The van der Waals surface area contributed by atoms with Crippen molar-refractivity contribution in [2.24, 2.45) is 12.8 Å². The van der Waals surface area contributed by atoms with E-state index < -0.39 is 0 Å². The van der Waals surface area contributed by atoms with Crippen LogP contribution in [0.4, 0.5) is 0 Å². The van der Waals surface area contributed by atoms with Gasteiger partial charge in [-0.2, -0.15) is 5.10 Å². The van der Waals surface area contributed by atoms with Crippen LogP contribution in [0.3, 0.4) is 0 Å². The standard InChI is InChI=1S/C25H31N5O2/c1-4-18-6-5-17(7-16(18)2)15-32-24-10-22(26)9-23(24)29-25(31)20-8-19(11-27-12-20)21-13-28-30(3)14-21/h5-8,11-14,22-24H,4,9-10,15,26H2,1-3H3,(H,29,31)/t22?,23-,24-/m0/s1. The lowest BCUT2D eigenvalue weighted by molar-refractivity contribution is 0.0266. The molecule has 168 valence electrons. The Morgan fingerprint density at radius 1 is 1.22 bits per heavy atom. The predicted molar refractivity (Wildman–Crippen MR) is 124 cm³/mol. The Hall–Kier alpha value is -3.03. The Morgan fingerprint density at radius 2 is 2.06 bits per heavy atom. The number of hydrogen-bond acceptors (Lipinski definition) is 5. The topological polar surface area (TPSA) is 95.1 Å². The number of hydrogen-bond donors (Lipinski definition) is 2. The first-order valence-corrected chi connectivity index (χ1v) is 11.1. The van der Waals surface area contributed by atoms with Crippen LogP contribution in [0.15, 0.2) is 49.1 Å². The summed E-state index contributed by atoms with van der Waals surface area (Å²) >= 11 is 0. The largest absolute Gasteiger partial charge is 0.371 e. The smallest absolute Gasteiger partial charge is 0.253 e. The molecule has 0 spiro atoms. The quantitative estimate of drug-likeness (QED) is 0.597. The van der Waals surface area contributed by atoms with E-state index in [0.29, 0.717) is 18.6 Å². The summed E-state index contributed by atoms with van der Waals surface area (Å²) in [6, 6.07) is 8.17. The van der Waals surface area contributed by atoms with Gasteiger partial charge in [0, 0.05) is 42.8 Å². The van der Waals surface area contributed by atoms with Crippen LogP contribution in [0.25, 0.3) is 11.1 Å². The maximum absolute atomic E-state index is 13.0. The van der Waals surface area contributed by atoms with Crippen LogP contribution in [0.1, 0.15) is 46.8 Å². The van der Waals surface area contributed by atoms with E-state index in [4.69, 9.17) is 10.5 Å². The number of aryl methyl sites for hydroxylation is 3. The first kappa shape index (κ1) is 22.2. The highest BCUT2D eigenvalue weighted by Crippen LogP contribution is 2.24. The summed E-state index contributed by atoms with van der Waals surface area (Å²) in [4.78, 5) is 17.2. The molecule has 1 aliphatic carbocycles. The van der Waals surface area contributed by atoms with Gasteiger partial charge in [-0.05, 0) is 48.9 Å². The monoisotopic (exact) mass is 433 g/mol. The van der Waals surface area contributed by atoms with Gasteiger partial charge in [0.15, 0.2) is 0 Å². The molecule has 3 aromatic rings. The first-order valence-electron chi connectivity index (χ1n) is 11.1. The Labute approximate surface area is 189 Å². The van der Waals surface area contributed by atoms with Gasteiger partial charge < -0.3 is 15.8 Å². The van der Waals surface area contributed by atoms with E-state index in [1.165, 1.54) is 11.1 Å². The molecule has 1 saturated carbocycles. The highest BCUT2D eigenvalue weighted by molar-refractivity contribution is 5.95. The molecule has 7 nitrogen and oxygen atoms in total. The summed E-state index contributed by atoms with van der Waals surface area (Å²) in [5.74, 6) is -0.168. The molecular weight excluding hydrogens is 402 g/mol. The lowest BCUT2D eigenvalue weighted by atomic mass is 10.0. The molecule has 0 aliphatic heterocycles. The molecule has 3 atom stereocenters. The molecule has 1 aromatic carbocycles. The molecular formula is C25H31N5O2. The minimum atomic E-state index is -0.168. The average Bonchev–Trinajstić information content (AvgIpc) is 3.37. The van der Waals surface area contributed by atoms with Crippen molar-refractivity contribution in [3.8, 4) is 11.1 Å². The number of benzene rings is 1. The SMILES string of the molecule is CCc1ccc(CO[C@H]2CC(N)C[C@@H]2NC(=O)c2cncc(-c3cnn(C)c3)c2)cc1C. The van der Waals surface area contributed by atoms with Crippen molar-refractivity contribution in [3.05, 3.63) is 71.3 Å². The van der Waals surface area contributed by atoms with Crippen molar-refractivity contribution in [2.75, 3.05) is 0 Å². The van der Waals surface area contributed by atoms with Crippen LogP contribution in [-0.4, -0.2) is 38.9 Å². The van der Waals surface area contributed by atoms with Crippen molar-refractivity contribution in [2.45, 2.75) is 57.9 Å². The Kier molecular flexibility index (Phi) is 6.67. The van der Waals surface area contributed by atoms with Crippen LogP contribution in [0.2, 0.25) is 0 Å². The highest BCUT2D eigenvalue weighted by atomic mass is 16.5. The predicted octanol–water partition coefficient (Wildman–Crippen LogP) is 3.16. The second-order valence-electron chi connectivity index (χ2n) is 8.64. The zero-order chi connectivity index (χ0) is 22.7. The Bertz CT molecular complexity index is 1090. The zero-order valence-electron chi connectivity index (χ0n) is 18.9. The van der Waals surface area contributed by atoms with Crippen LogP contribution < -0.4 is 11.1 Å². The molecule has 0 bridgehead atoms. The second kappa shape index (κ2) is 9.63. The van der Waals surface area contributed by atoms with Crippen molar-refractivity contribution >= 4 is 5.91 Å². The Morgan fingerprint density at radius 3 is 2.78 bits per heavy atom. The van der Waals surface area contributed by atoms with Crippen LogP contribution in [0.5, 0.6) is 0 Å². The number of rotatable bonds is 7. The third kappa shape index (κ3) is 5.06. The van der Waals surface area contributed by atoms with Gasteiger partial charge in [-0.25, -0.2) is 0 Å². The molecule has 2 aromatic heterocycles. The zero-order valence-corrected chi connectivity index (χ0v) is 18.9. The lowest BCUT2D eigenvalue weighted by Gasteiger charge is -2.22. The average molecular weight is 434 g/mol. The van der Waals surface area contributed by atoms with Crippen molar-refractivity contribution in [1.29, 1.82) is 0 Å². The van der Waals surface area contributed by atoms with Crippen LogP contribution in [0, 0.1) is 6.92 Å². The van der Waals surface area contributed by atoms with Gasteiger partial charge in [0.1, 0.15) is 0 Å². The summed E-state index contributed by atoms with van der Waals surface area (Å²) < 4.78 is 7.94. The van der Waals surface area contributed by atoms with E-state index in [0.717, 1.165) is 29.5 Å². The van der Waals surface area contributed by atoms with Crippen molar-refractivity contribution in [3.63, 3.8) is 0 Å². The third-order valence-electron chi connectivity index (χ3n) is 6.15. The number of aromatic nitrogens is 3. The molecule has 1 unspecified atom stereocenters. The number of carbonyl (C=O) groups excluding carboxylic acids is 1. The molecule has 1 amide bonds. The number of carbonyl (C=O) groups is 1. The number of ether oxygens (including phenoxy) is 1. The summed E-state index contributed by atoms with van der Waals surface area (Å²) in [5.41, 5.74) is 12.3. The van der Waals surface area contributed by atoms with E-state index in [2.05, 4.69) is 47.4 Å². The van der Waals surface area contributed by atoms with Gasteiger partial charge in [0.2, 0.25) is 0 Å². The summed E-state index contributed by atoms with van der Waals surface area (Å²) in [6.07, 6.45) is 9.30. The van der Waals surface area contributed by atoms with Crippen molar-refractivity contribution in [1.82, 2.24) is 20.1 Å². The number of amides is 1. The van der Waals surface area contributed by atoms with E-state index >= 15 is 0 Å². The van der Waals surface area contributed by atoms with E-state index in [-0.39, 0.29) is 24.1 Å². The second-order valence-corrected chi connectivity index (χ2v) is 8.64. The highest BCUT2D eigenvalue weighted by Gasteiger charge is 2.34. The molecule has 1 aliphatic rings. The number of nitrogens with one attached hydrogen (secondary N) is 1. The first-order chi connectivity index (χ1) is 15.4. The fourth-order valence-corrected chi connectivity index (χ4v) is 4.36. The van der Waals surface area contributed by atoms with Gasteiger partial charge in [-0.1, -0.05) is 25.1 Å². The van der Waals surface area contributed by atoms with Gasteiger partial charge in [0.25, 0.3) is 5.91 Å². The maximum Gasteiger partial charge on any atom is 0.253 e. The molecule has 4 rings (SSSR count). The van der Waals surface area contributed by atoms with Crippen LogP contribution in [-0.2, 0) is 24.8 Å². The van der Waals surface area contributed by atoms with Gasteiger partial charge in [0.05, 0.1) is 30.5 Å². The van der Waals surface area contributed by atoms with E-state index in [1.807, 2.05) is 19.3 Å². The number of pyridine rings is 1. The molecule has 7 heteroatoms. The minimum absolute atomic E-state index is 0.00866. The summed E-state index contributed by atoms with van der Waals surface area (Å²) in [7, 11) is 1.86. The van der Waals surface area contributed by atoms with Gasteiger partial charge in [-0.3, -0.25) is 14.5 Å². The van der Waals surface area contributed by atoms with Gasteiger partial charge >= 0.3 is 0 Å². The van der Waals surface area contributed by atoms with E-state index in [1.54, 1.807) is 23.3 Å². The normalized spacial score (nSPS) is 20.4. The minimum Gasteiger partial charge on any atom is -0.371 e. The number of nitrogens with zero attached hydrogens (tertiary/aromatic N) is 3. The van der Waals surface area contributed by atoms with Gasteiger partial charge in [-0.15, -0.1) is 0 Å².